The summed E-state index contributed by atoms with van der Waals surface area (Å²) in [4.78, 5) is 17.2. The van der Waals surface area contributed by atoms with Gasteiger partial charge in [0.15, 0.2) is 5.78 Å². The molecule has 4 heteroatoms. The van der Waals surface area contributed by atoms with E-state index in [1.54, 1.807) is 6.21 Å². The molecule has 2 aliphatic carbocycles. The first kappa shape index (κ1) is 16.8. The number of carbonyl (C=O) groups is 1. The molecule has 0 aromatic heterocycles. The number of hydrogen-bond donors (Lipinski definition) is 1. The Hall–Kier alpha value is -1.58. The molecule has 22 heavy (non-hydrogen) atoms. The zero-order chi connectivity index (χ0) is 15.8. The van der Waals surface area contributed by atoms with Crippen molar-refractivity contribution in [2.24, 2.45) is 17.0 Å². The van der Waals surface area contributed by atoms with Gasteiger partial charge >= 0.3 is 0 Å². The van der Waals surface area contributed by atoms with E-state index in [2.05, 4.69) is 17.3 Å². The fourth-order valence-electron chi connectivity index (χ4n) is 3.38. The molecular formula is C18H27NO3. The van der Waals surface area contributed by atoms with Crippen LogP contribution in [-0.4, -0.2) is 23.7 Å². The average molecular weight is 305 g/mol. The largest absolute Gasteiger partial charge is 0.512 e. The third kappa shape index (κ3) is 4.72. The Morgan fingerprint density at radius 2 is 2.23 bits per heavy atom. The normalized spacial score (nSPS) is 26.0. The van der Waals surface area contributed by atoms with Crippen LogP contribution in [0.4, 0.5) is 0 Å². The topological polar surface area (TPSA) is 58.9 Å². The maximum Gasteiger partial charge on any atom is 0.162 e. The van der Waals surface area contributed by atoms with Crippen molar-refractivity contribution in [1.82, 2.24) is 0 Å². The average Bonchev–Trinajstić information content (AvgIpc) is 2.53. The van der Waals surface area contributed by atoms with E-state index in [4.69, 9.17) is 4.84 Å². The highest BCUT2D eigenvalue weighted by atomic mass is 16.6. The maximum atomic E-state index is 12.3. The lowest BCUT2D eigenvalue weighted by Crippen LogP contribution is -2.26. The fourth-order valence-corrected chi connectivity index (χ4v) is 3.38. The molecule has 2 atom stereocenters. The van der Waals surface area contributed by atoms with E-state index >= 15 is 0 Å². The summed E-state index contributed by atoms with van der Waals surface area (Å²) in [6.45, 7) is 2.46. The van der Waals surface area contributed by atoms with Crippen molar-refractivity contribution in [2.75, 3.05) is 6.61 Å². The minimum absolute atomic E-state index is 0.144. The van der Waals surface area contributed by atoms with Crippen LogP contribution >= 0.6 is 0 Å². The van der Waals surface area contributed by atoms with Crippen molar-refractivity contribution in [1.29, 1.82) is 0 Å². The van der Waals surface area contributed by atoms with E-state index in [1.165, 1.54) is 0 Å². The van der Waals surface area contributed by atoms with Gasteiger partial charge in [0.25, 0.3) is 0 Å². The van der Waals surface area contributed by atoms with Gasteiger partial charge in [-0.25, -0.2) is 0 Å². The van der Waals surface area contributed by atoms with E-state index < -0.39 is 0 Å². The van der Waals surface area contributed by atoms with Gasteiger partial charge in [0.05, 0.1) is 5.76 Å². The van der Waals surface area contributed by atoms with Gasteiger partial charge in [-0.3, -0.25) is 4.79 Å². The smallest absolute Gasteiger partial charge is 0.162 e. The molecule has 0 aromatic carbocycles. The van der Waals surface area contributed by atoms with Crippen LogP contribution in [0.15, 0.2) is 28.6 Å². The third-order valence-corrected chi connectivity index (χ3v) is 4.60. The Morgan fingerprint density at radius 3 is 2.91 bits per heavy atom. The molecule has 0 fully saturated rings. The summed E-state index contributed by atoms with van der Waals surface area (Å²) < 4.78 is 0. The van der Waals surface area contributed by atoms with Crippen molar-refractivity contribution in [2.45, 2.75) is 58.3 Å². The summed E-state index contributed by atoms with van der Waals surface area (Å²) in [5.74, 6) is 1.35. The quantitative estimate of drug-likeness (QED) is 0.330. The van der Waals surface area contributed by atoms with E-state index in [9.17, 15) is 9.90 Å². The molecule has 2 aliphatic rings. The standard InChI is InChI=1S/C18H27NO3/c1-2-22-19-11-7-6-10-16-17(20)12-15(13-18(16)21)14-8-4-3-5-9-14/h3-4,11,14-15,20H,2,5-10,12-13H2,1H3. The van der Waals surface area contributed by atoms with Gasteiger partial charge in [0.2, 0.25) is 0 Å². The number of oxime groups is 1. The molecule has 0 spiro atoms. The summed E-state index contributed by atoms with van der Waals surface area (Å²) in [6.07, 6.45) is 13.0. The molecule has 0 radical (unpaired) electrons. The molecule has 1 N–H and O–H groups in total. The van der Waals surface area contributed by atoms with Crippen molar-refractivity contribution in [3.8, 4) is 0 Å². The van der Waals surface area contributed by atoms with Gasteiger partial charge in [-0.2, -0.15) is 0 Å². The Bertz CT molecular complexity index is 465. The molecule has 0 aromatic rings. The molecule has 0 heterocycles. The molecule has 0 saturated heterocycles. The van der Waals surface area contributed by atoms with Crippen molar-refractivity contribution < 1.29 is 14.7 Å². The molecule has 0 aliphatic heterocycles. The SMILES string of the molecule is CCON=CCCCC1=C(O)CC(C2CC=CCC2)CC1=O. The van der Waals surface area contributed by atoms with Crippen LogP contribution < -0.4 is 0 Å². The van der Waals surface area contributed by atoms with E-state index in [1.807, 2.05) is 6.92 Å². The lowest BCUT2D eigenvalue weighted by Gasteiger charge is -2.31. The zero-order valence-corrected chi connectivity index (χ0v) is 13.5. The summed E-state index contributed by atoms with van der Waals surface area (Å²) in [5, 5.41) is 14.1. The molecule has 0 amide bonds. The number of hydrogen-bond acceptors (Lipinski definition) is 4. The summed E-state index contributed by atoms with van der Waals surface area (Å²) >= 11 is 0. The van der Waals surface area contributed by atoms with Crippen molar-refractivity contribution >= 4 is 12.0 Å². The Kier molecular flexibility index (Phi) is 6.69. The second-order valence-corrected chi connectivity index (χ2v) is 6.16. The summed E-state index contributed by atoms with van der Waals surface area (Å²) in [6, 6.07) is 0. The fraction of sp³-hybridized carbons (Fsp3) is 0.667. The first-order valence-corrected chi connectivity index (χ1v) is 8.45. The number of rotatable bonds is 7. The van der Waals surface area contributed by atoms with Crippen LogP contribution in [0.2, 0.25) is 0 Å². The number of aliphatic hydroxyl groups excluding tert-OH is 1. The Labute approximate surface area is 132 Å². The minimum Gasteiger partial charge on any atom is -0.512 e. The minimum atomic E-state index is 0.144. The van der Waals surface area contributed by atoms with Crippen LogP contribution in [-0.2, 0) is 9.63 Å². The predicted octanol–water partition coefficient (Wildman–Crippen LogP) is 4.33. The summed E-state index contributed by atoms with van der Waals surface area (Å²) in [5.41, 5.74) is 0.646. The highest BCUT2D eigenvalue weighted by Crippen LogP contribution is 2.37. The van der Waals surface area contributed by atoms with Gasteiger partial charge in [0.1, 0.15) is 6.61 Å². The van der Waals surface area contributed by atoms with Gasteiger partial charge < -0.3 is 9.94 Å². The van der Waals surface area contributed by atoms with Crippen LogP contribution in [0.25, 0.3) is 0 Å². The van der Waals surface area contributed by atoms with Crippen LogP contribution in [0.3, 0.4) is 0 Å². The molecule has 0 bridgehead atoms. The second-order valence-electron chi connectivity index (χ2n) is 6.16. The lowest BCUT2D eigenvalue weighted by molar-refractivity contribution is -0.118. The number of unbranched alkanes of at least 4 members (excludes halogenated alkanes) is 1. The zero-order valence-electron chi connectivity index (χ0n) is 13.5. The Balaban J connectivity index is 1.84. The van der Waals surface area contributed by atoms with Gasteiger partial charge in [-0.05, 0) is 57.3 Å². The number of nitrogens with zero attached hydrogens (tertiary/aromatic N) is 1. The van der Waals surface area contributed by atoms with Crippen LogP contribution in [0.5, 0.6) is 0 Å². The number of aliphatic hydroxyl groups is 1. The number of carbonyl (C=O) groups excluding carboxylic acids is 1. The molecular weight excluding hydrogens is 278 g/mol. The van der Waals surface area contributed by atoms with Crippen LogP contribution in [0.1, 0.15) is 58.3 Å². The van der Waals surface area contributed by atoms with E-state index in [0.29, 0.717) is 49.0 Å². The van der Waals surface area contributed by atoms with Gasteiger partial charge in [0, 0.05) is 24.6 Å². The number of Topliss-reactive ketones (excluding diaryl/α,β-unsaturated/α-hetero) is 1. The van der Waals surface area contributed by atoms with Gasteiger partial charge in [-0.1, -0.05) is 17.3 Å². The Morgan fingerprint density at radius 1 is 1.36 bits per heavy atom. The summed E-state index contributed by atoms with van der Waals surface area (Å²) in [7, 11) is 0. The predicted molar refractivity (Wildman–Crippen MR) is 87.8 cm³/mol. The van der Waals surface area contributed by atoms with E-state index in [-0.39, 0.29) is 5.78 Å². The number of ketones is 1. The highest BCUT2D eigenvalue weighted by molar-refractivity contribution is 5.96. The maximum absolute atomic E-state index is 12.3. The molecule has 2 unspecified atom stereocenters. The number of allylic oxidation sites excluding steroid dienone is 4. The first-order chi connectivity index (χ1) is 10.7. The lowest BCUT2D eigenvalue weighted by atomic mass is 9.74. The molecule has 0 saturated carbocycles. The van der Waals surface area contributed by atoms with Crippen molar-refractivity contribution in [3.63, 3.8) is 0 Å². The van der Waals surface area contributed by atoms with Gasteiger partial charge in [-0.15, -0.1) is 0 Å². The third-order valence-electron chi connectivity index (χ3n) is 4.60. The molecule has 2 rings (SSSR count). The molecule has 122 valence electrons. The van der Waals surface area contributed by atoms with Crippen molar-refractivity contribution in [3.05, 3.63) is 23.5 Å². The van der Waals surface area contributed by atoms with Crippen LogP contribution in [0, 0.1) is 11.8 Å². The monoisotopic (exact) mass is 305 g/mol. The molecule has 4 nitrogen and oxygen atoms in total. The first-order valence-electron chi connectivity index (χ1n) is 8.45. The highest BCUT2D eigenvalue weighted by Gasteiger charge is 2.31. The van der Waals surface area contributed by atoms with E-state index in [0.717, 1.165) is 32.1 Å². The second kappa shape index (κ2) is 8.76.